The van der Waals surface area contributed by atoms with Gasteiger partial charge >= 0.3 is 0 Å². The molecule has 0 spiro atoms. The quantitative estimate of drug-likeness (QED) is 0.156. The van der Waals surface area contributed by atoms with Gasteiger partial charge in [0, 0.05) is 22.5 Å². The van der Waals surface area contributed by atoms with E-state index in [1.54, 1.807) is 0 Å². The maximum Gasteiger partial charge on any atom is 0.145 e. The van der Waals surface area contributed by atoms with Crippen molar-refractivity contribution < 1.29 is 0 Å². The van der Waals surface area contributed by atoms with Gasteiger partial charge in [-0.1, -0.05) is 194 Å². The zero-order valence-corrected chi connectivity index (χ0v) is 43.2. The fourth-order valence-electron chi connectivity index (χ4n) is 14.0. The molecule has 0 aliphatic heterocycles. The SMILES string of the molecule is c1ccc(-c2nc3ccccc3n2-c2ccc(-c3c4cc5c(cc4c(-c4ccc(-n6c(-c7ccccc7)nc7ccccc76)cc4)c4c6cc7ccccc7c7cccc(c34)c76)c3cc4ccccc4c4cccc5c43)cc2)cc1. The van der Waals surface area contributed by atoms with Crippen LogP contribution in [0.5, 0.6) is 0 Å². The molecule has 0 radical (unpaired) electrons. The molecule has 368 valence electrons. The van der Waals surface area contributed by atoms with E-state index in [9.17, 15) is 0 Å². The van der Waals surface area contributed by atoms with Crippen LogP contribution in [-0.2, 0) is 0 Å². The van der Waals surface area contributed by atoms with Gasteiger partial charge in [-0.15, -0.1) is 0 Å². The molecule has 0 fully saturated rings. The molecule has 0 saturated heterocycles. The predicted molar refractivity (Wildman–Crippen MR) is 337 cm³/mol. The second-order valence-electron chi connectivity index (χ2n) is 21.5. The van der Waals surface area contributed by atoms with Crippen LogP contribution in [0.25, 0.3) is 175 Å². The smallest absolute Gasteiger partial charge is 0.145 e. The lowest BCUT2D eigenvalue weighted by molar-refractivity contribution is 1.10. The first-order chi connectivity index (χ1) is 39.7. The van der Waals surface area contributed by atoms with Crippen LogP contribution in [0.1, 0.15) is 0 Å². The molecule has 16 aromatic carbocycles. The Morgan fingerprint density at radius 1 is 0.225 bits per heavy atom. The molecule has 18 aromatic rings. The molecule has 4 heteroatoms. The highest BCUT2D eigenvalue weighted by molar-refractivity contribution is 6.44. The van der Waals surface area contributed by atoms with Crippen molar-refractivity contribution in [3.8, 4) is 56.4 Å². The van der Waals surface area contributed by atoms with Crippen LogP contribution in [0.3, 0.4) is 0 Å². The molecule has 2 heterocycles. The van der Waals surface area contributed by atoms with Gasteiger partial charge in [-0.3, -0.25) is 9.13 Å². The van der Waals surface area contributed by atoms with Crippen molar-refractivity contribution >= 4 is 119 Å². The van der Waals surface area contributed by atoms with Gasteiger partial charge in [0.15, 0.2) is 0 Å². The first-order valence-corrected chi connectivity index (χ1v) is 27.6. The first-order valence-electron chi connectivity index (χ1n) is 27.6. The molecular weight excluding hydrogens is 969 g/mol. The molecule has 18 rings (SSSR count). The molecule has 4 nitrogen and oxygen atoms in total. The lowest BCUT2D eigenvalue weighted by atomic mass is 9.85. The van der Waals surface area contributed by atoms with Crippen molar-refractivity contribution in [2.75, 3.05) is 0 Å². The summed E-state index contributed by atoms with van der Waals surface area (Å²) in [5, 5.41) is 22.9. The van der Waals surface area contributed by atoms with Gasteiger partial charge < -0.3 is 0 Å². The van der Waals surface area contributed by atoms with E-state index >= 15 is 0 Å². The van der Waals surface area contributed by atoms with Crippen LogP contribution < -0.4 is 0 Å². The topological polar surface area (TPSA) is 35.6 Å². The number of hydrogen-bond donors (Lipinski definition) is 0. The molecule has 0 bridgehead atoms. The van der Waals surface area contributed by atoms with Crippen molar-refractivity contribution in [1.82, 2.24) is 19.1 Å². The number of benzene rings is 14. The van der Waals surface area contributed by atoms with Gasteiger partial charge in [-0.25, -0.2) is 9.97 Å². The number of hydrogen-bond acceptors (Lipinski definition) is 2. The standard InChI is InChI=1S/C76H44N4/c1-3-17-47(18-4-1)75-77-65-29-11-13-31-67(65)79(75)51-37-33-45(34-38-51)69-62-43-59-57-27-15-25-55-53-23-9-7-21-49(53)41-61(71(55)57)60(59)44-63(62)70(74-64-42-50-22-8-10-24-54(50)56-26-16-28-58(72(56)64)73(69)74)46-35-39-52(40-36-46)80-68-32-14-12-30-66(68)78-76(80)48-19-5-2-6-20-48/h1-44H. The zero-order valence-electron chi connectivity index (χ0n) is 43.2. The van der Waals surface area contributed by atoms with Crippen molar-refractivity contribution in [2.24, 2.45) is 0 Å². The highest BCUT2D eigenvalue weighted by Crippen LogP contribution is 2.54. The van der Waals surface area contributed by atoms with Crippen LogP contribution in [-0.4, -0.2) is 19.1 Å². The molecule has 80 heavy (non-hydrogen) atoms. The molecule has 0 amide bonds. The number of fused-ring (bicyclic) bond motifs is 13. The van der Waals surface area contributed by atoms with Crippen molar-refractivity contribution in [3.63, 3.8) is 0 Å². The van der Waals surface area contributed by atoms with E-state index in [2.05, 4.69) is 276 Å². The molecule has 0 aliphatic rings. The minimum Gasteiger partial charge on any atom is -0.292 e. The Morgan fingerprint density at radius 3 is 1.14 bits per heavy atom. The van der Waals surface area contributed by atoms with Crippen LogP contribution in [0.4, 0.5) is 0 Å². The number of aromatic nitrogens is 4. The average Bonchev–Trinajstić information content (AvgIpc) is 4.36. The summed E-state index contributed by atoms with van der Waals surface area (Å²) < 4.78 is 4.63. The Hall–Kier alpha value is -10.7. The molecule has 2 aromatic heterocycles. The number of rotatable bonds is 6. The van der Waals surface area contributed by atoms with Gasteiger partial charge in [-0.05, 0) is 192 Å². The predicted octanol–water partition coefficient (Wildman–Crippen LogP) is 20.3. The third-order valence-electron chi connectivity index (χ3n) is 17.3. The minimum absolute atomic E-state index is 0.921. The summed E-state index contributed by atoms with van der Waals surface area (Å²) in [6, 6.07) is 98.4. The van der Waals surface area contributed by atoms with Gasteiger partial charge in [0.2, 0.25) is 0 Å². The third kappa shape index (κ3) is 6.04. The molecule has 0 atom stereocenters. The van der Waals surface area contributed by atoms with Crippen molar-refractivity contribution in [1.29, 1.82) is 0 Å². The molecule has 0 aliphatic carbocycles. The summed E-state index contributed by atoms with van der Waals surface area (Å²) >= 11 is 0. The van der Waals surface area contributed by atoms with Crippen LogP contribution in [0, 0.1) is 0 Å². The second kappa shape index (κ2) is 16.4. The van der Waals surface area contributed by atoms with Gasteiger partial charge in [0.1, 0.15) is 11.6 Å². The maximum absolute atomic E-state index is 5.23. The fourth-order valence-corrected chi connectivity index (χ4v) is 14.0. The monoisotopic (exact) mass is 1010 g/mol. The van der Waals surface area contributed by atoms with E-state index in [0.717, 1.165) is 67.3 Å². The summed E-state index contributed by atoms with van der Waals surface area (Å²) in [5.74, 6) is 1.84. The van der Waals surface area contributed by atoms with Gasteiger partial charge in [0.25, 0.3) is 0 Å². The second-order valence-corrected chi connectivity index (χ2v) is 21.5. The van der Waals surface area contributed by atoms with Gasteiger partial charge in [0.05, 0.1) is 22.1 Å². The summed E-state index contributed by atoms with van der Waals surface area (Å²) in [6.45, 7) is 0. The normalized spacial score (nSPS) is 12.2. The Labute approximate surface area is 459 Å². The Morgan fingerprint density at radius 2 is 0.613 bits per heavy atom. The fraction of sp³-hybridized carbons (Fsp3) is 0. The highest BCUT2D eigenvalue weighted by atomic mass is 15.1. The first kappa shape index (κ1) is 43.4. The van der Waals surface area contributed by atoms with E-state index < -0.39 is 0 Å². The van der Waals surface area contributed by atoms with E-state index in [-0.39, 0.29) is 0 Å². The van der Waals surface area contributed by atoms with Crippen molar-refractivity contribution in [2.45, 2.75) is 0 Å². The van der Waals surface area contributed by atoms with Gasteiger partial charge in [-0.2, -0.15) is 0 Å². The van der Waals surface area contributed by atoms with E-state index in [4.69, 9.17) is 9.97 Å². The largest absolute Gasteiger partial charge is 0.292 e. The van der Waals surface area contributed by atoms with Crippen LogP contribution >= 0.6 is 0 Å². The van der Waals surface area contributed by atoms with Crippen molar-refractivity contribution in [3.05, 3.63) is 267 Å². The summed E-state index contributed by atoms with van der Waals surface area (Å²) in [5.41, 5.74) is 13.2. The summed E-state index contributed by atoms with van der Waals surface area (Å²) in [7, 11) is 0. The van der Waals surface area contributed by atoms with Crippen LogP contribution in [0.15, 0.2) is 267 Å². The zero-order chi connectivity index (χ0) is 52.2. The third-order valence-corrected chi connectivity index (χ3v) is 17.3. The summed E-state index contributed by atoms with van der Waals surface area (Å²) in [4.78, 5) is 10.5. The number of imidazole rings is 2. The average molecular weight is 1010 g/mol. The lowest BCUT2D eigenvalue weighted by Gasteiger charge is -2.18. The van der Waals surface area contributed by atoms with Crippen LogP contribution in [0.2, 0.25) is 0 Å². The number of para-hydroxylation sites is 4. The van der Waals surface area contributed by atoms with E-state index in [1.165, 1.54) is 108 Å². The molecule has 0 N–H and O–H groups in total. The number of nitrogens with zero attached hydrogens (tertiary/aromatic N) is 4. The maximum atomic E-state index is 5.23. The minimum atomic E-state index is 0.921. The summed E-state index contributed by atoms with van der Waals surface area (Å²) in [6.07, 6.45) is 0. The molecular formula is C76H44N4. The Balaban J connectivity index is 0.979. The van der Waals surface area contributed by atoms with E-state index in [0.29, 0.717) is 0 Å². The Bertz CT molecular complexity index is 5560. The van der Waals surface area contributed by atoms with E-state index in [1.807, 2.05) is 0 Å². The Kier molecular flexibility index (Phi) is 8.91. The highest BCUT2D eigenvalue weighted by Gasteiger charge is 2.27. The lowest BCUT2D eigenvalue weighted by Crippen LogP contribution is -1.98. The molecule has 0 saturated carbocycles. The molecule has 0 unspecified atom stereocenters.